The molecule has 2 fully saturated rings. The second-order valence-corrected chi connectivity index (χ2v) is 7.84. The van der Waals surface area contributed by atoms with Crippen molar-refractivity contribution in [3.63, 3.8) is 0 Å². The molecule has 0 spiro atoms. The van der Waals surface area contributed by atoms with Crippen molar-refractivity contribution in [2.45, 2.75) is 27.2 Å². The smallest absolute Gasteiger partial charge is 0.337 e. The predicted molar refractivity (Wildman–Crippen MR) is 91.0 cm³/mol. The van der Waals surface area contributed by atoms with Gasteiger partial charge in [0.15, 0.2) is 0 Å². The van der Waals surface area contributed by atoms with Crippen LogP contribution in [0.1, 0.15) is 37.6 Å². The first-order valence-corrected chi connectivity index (χ1v) is 8.50. The number of aromatic nitrogens is 1. The molecule has 2 atom stereocenters. The maximum atomic E-state index is 12.6. The van der Waals surface area contributed by atoms with Gasteiger partial charge in [-0.2, -0.15) is 0 Å². The van der Waals surface area contributed by atoms with E-state index in [1.54, 1.807) is 12.1 Å². The Morgan fingerprint density at radius 1 is 1.17 bits per heavy atom. The third kappa shape index (κ3) is 3.37. The lowest BCUT2D eigenvalue weighted by molar-refractivity contribution is -0.133. The zero-order chi connectivity index (χ0) is 17.5. The Morgan fingerprint density at radius 2 is 1.83 bits per heavy atom. The third-order valence-corrected chi connectivity index (χ3v) is 5.13. The Balaban J connectivity index is 1.54. The van der Waals surface area contributed by atoms with Gasteiger partial charge < -0.3 is 14.9 Å². The molecule has 1 N–H and O–H groups in total. The van der Waals surface area contributed by atoms with Gasteiger partial charge in [0.05, 0.1) is 5.56 Å². The largest absolute Gasteiger partial charge is 0.478 e. The molecule has 0 bridgehead atoms. The number of nitrogens with zero attached hydrogens (tertiary/aromatic N) is 3. The van der Waals surface area contributed by atoms with Gasteiger partial charge in [0.1, 0.15) is 5.82 Å². The quantitative estimate of drug-likeness (QED) is 0.918. The molecule has 1 aromatic rings. The van der Waals surface area contributed by atoms with E-state index < -0.39 is 5.97 Å². The summed E-state index contributed by atoms with van der Waals surface area (Å²) < 4.78 is 0. The lowest BCUT2D eigenvalue weighted by Crippen LogP contribution is -2.49. The Labute approximate surface area is 142 Å². The van der Waals surface area contributed by atoms with Crippen LogP contribution in [0.25, 0.3) is 0 Å². The average molecular weight is 331 g/mol. The van der Waals surface area contributed by atoms with Gasteiger partial charge in [0.25, 0.3) is 0 Å². The topological polar surface area (TPSA) is 73.7 Å². The number of amides is 1. The van der Waals surface area contributed by atoms with Gasteiger partial charge in [-0.05, 0) is 29.9 Å². The Morgan fingerprint density at radius 3 is 2.29 bits per heavy atom. The minimum absolute atomic E-state index is 0.189. The molecule has 1 saturated carbocycles. The number of hydrogen-bond acceptors (Lipinski definition) is 4. The van der Waals surface area contributed by atoms with Crippen molar-refractivity contribution < 1.29 is 14.7 Å². The van der Waals surface area contributed by atoms with Crippen LogP contribution in [-0.2, 0) is 4.79 Å². The van der Waals surface area contributed by atoms with E-state index in [1.807, 2.05) is 4.90 Å². The molecule has 2 aliphatic rings. The number of pyridine rings is 1. The zero-order valence-electron chi connectivity index (χ0n) is 14.5. The predicted octanol–water partition coefficient (Wildman–Crippen LogP) is 2.11. The average Bonchev–Trinajstić information content (AvgIpc) is 3.35. The number of aromatic carboxylic acids is 1. The highest BCUT2D eigenvalue weighted by Crippen LogP contribution is 2.51. The maximum absolute atomic E-state index is 12.6. The molecule has 24 heavy (non-hydrogen) atoms. The summed E-state index contributed by atoms with van der Waals surface area (Å²) in [6.45, 7) is 9.49. The van der Waals surface area contributed by atoms with Crippen molar-refractivity contribution in [3.05, 3.63) is 23.9 Å². The lowest BCUT2D eigenvalue weighted by atomic mass is 9.88. The minimum atomic E-state index is -0.970. The summed E-state index contributed by atoms with van der Waals surface area (Å²) in [5.41, 5.74) is 0.396. The molecule has 1 amide bonds. The highest BCUT2D eigenvalue weighted by Gasteiger charge is 2.50. The number of carboxylic acids is 1. The first kappa shape index (κ1) is 16.7. The van der Waals surface area contributed by atoms with Crippen LogP contribution in [0.4, 0.5) is 5.82 Å². The lowest BCUT2D eigenvalue weighted by Gasteiger charge is -2.36. The Hall–Kier alpha value is -2.11. The minimum Gasteiger partial charge on any atom is -0.478 e. The first-order chi connectivity index (χ1) is 11.3. The number of anilines is 1. The van der Waals surface area contributed by atoms with Gasteiger partial charge in [0.2, 0.25) is 5.91 Å². The molecule has 1 saturated heterocycles. The molecule has 2 heterocycles. The SMILES string of the molecule is CC(C)(C)C1CC1C(=O)N1CCN(c2ccc(C(=O)O)cn2)CC1. The van der Waals surface area contributed by atoms with E-state index in [9.17, 15) is 9.59 Å². The number of hydrogen-bond donors (Lipinski definition) is 1. The molecule has 1 aliphatic carbocycles. The number of piperazine rings is 1. The summed E-state index contributed by atoms with van der Waals surface area (Å²) in [6, 6.07) is 3.30. The van der Waals surface area contributed by atoms with Gasteiger partial charge in [0, 0.05) is 38.3 Å². The van der Waals surface area contributed by atoms with Gasteiger partial charge >= 0.3 is 5.97 Å². The van der Waals surface area contributed by atoms with Crippen LogP contribution in [0.5, 0.6) is 0 Å². The van der Waals surface area contributed by atoms with Crippen molar-refractivity contribution >= 4 is 17.7 Å². The van der Waals surface area contributed by atoms with Gasteiger partial charge in [-0.3, -0.25) is 4.79 Å². The summed E-state index contributed by atoms with van der Waals surface area (Å²) in [5, 5.41) is 8.92. The monoisotopic (exact) mass is 331 g/mol. The molecule has 2 unspecified atom stereocenters. The van der Waals surface area contributed by atoms with E-state index >= 15 is 0 Å². The van der Waals surface area contributed by atoms with Crippen LogP contribution in [-0.4, -0.2) is 53.0 Å². The van der Waals surface area contributed by atoms with Gasteiger partial charge in [-0.25, -0.2) is 9.78 Å². The number of carboxylic acid groups (broad SMARTS) is 1. The molecule has 6 heteroatoms. The Bertz CT molecular complexity index is 628. The summed E-state index contributed by atoms with van der Waals surface area (Å²) in [7, 11) is 0. The fourth-order valence-corrected chi connectivity index (χ4v) is 3.52. The fourth-order valence-electron chi connectivity index (χ4n) is 3.52. The van der Waals surface area contributed by atoms with Crippen LogP contribution >= 0.6 is 0 Å². The molecule has 3 rings (SSSR count). The number of rotatable bonds is 3. The van der Waals surface area contributed by atoms with Crippen LogP contribution in [0.2, 0.25) is 0 Å². The summed E-state index contributed by atoms with van der Waals surface area (Å²) >= 11 is 0. The normalized spacial score (nSPS) is 24.0. The second kappa shape index (κ2) is 6.07. The molecule has 6 nitrogen and oxygen atoms in total. The van der Waals surface area contributed by atoms with Crippen molar-refractivity contribution in [1.82, 2.24) is 9.88 Å². The van der Waals surface area contributed by atoms with E-state index in [-0.39, 0.29) is 16.9 Å². The van der Waals surface area contributed by atoms with E-state index in [4.69, 9.17) is 5.11 Å². The Kier molecular flexibility index (Phi) is 4.24. The fraction of sp³-hybridized carbons (Fsp3) is 0.611. The highest BCUT2D eigenvalue weighted by molar-refractivity contribution is 5.87. The van der Waals surface area contributed by atoms with E-state index in [1.165, 1.54) is 6.20 Å². The van der Waals surface area contributed by atoms with E-state index in [2.05, 4.69) is 30.7 Å². The highest BCUT2D eigenvalue weighted by atomic mass is 16.4. The maximum Gasteiger partial charge on any atom is 0.337 e. The van der Waals surface area contributed by atoms with E-state index in [0.717, 1.165) is 25.3 Å². The van der Waals surface area contributed by atoms with Crippen molar-refractivity contribution in [2.24, 2.45) is 17.3 Å². The number of carbonyl (C=O) groups is 2. The van der Waals surface area contributed by atoms with Crippen LogP contribution < -0.4 is 4.90 Å². The summed E-state index contributed by atoms with van der Waals surface area (Å²) in [5.74, 6) is 0.801. The molecule has 1 aliphatic heterocycles. The molecule has 0 aromatic carbocycles. The third-order valence-electron chi connectivity index (χ3n) is 5.13. The molecule has 0 radical (unpaired) electrons. The molecular weight excluding hydrogens is 306 g/mol. The van der Waals surface area contributed by atoms with Crippen LogP contribution in [0.15, 0.2) is 18.3 Å². The first-order valence-electron chi connectivity index (χ1n) is 8.50. The number of carbonyl (C=O) groups excluding carboxylic acids is 1. The molecular formula is C18H25N3O3. The van der Waals surface area contributed by atoms with Crippen LogP contribution in [0, 0.1) is 17.3 Å². The molecule has 1 aromatic heterocycles. The summed E-state index contributed by atoms with van der Waals surface area (Å²) in [4.78, 5) is 31.8. The van der Waals surface area contributed by atoms with E-state index in [0.29, 0.717) is 24.9 Å². The molecule has 130 valence electrons. The zero-order valence-corrected chi connectivity index (χ0v) is 14.5. The van der Waals surface area contributed by atoms with Crippen molar-refractivity contribution in [2.75, 3.05) is 31.1 Å². The van der Waals surface area contributed by atoms with Gasteiger partial charge in [-0.1, -0.05) is 20.8 Å². The van der Waals surface area contributed by atoms with Gasteiger partial charge in [-0.15, -0.1) is 0 Å². The van der Waals surface area contributed by atoms with Crippen LogP contribution in [0.3, 0.4) is 0 Å². The standard InChI is InChI=1S/C18H25N3O3/c1-18(2,3)14-10-13(14)16(22)21-8-6-20(7-9-21)15-5-4-12(11-19-15)17(23)24/h4-5,11,13-14H,6-10H2,1-3H3,(H,23,24). The summed E-state index contributed by atoms with van der Waals surface area (Å²) in [6.07, 6.45) is 2.40. The van der Waals surface area contributed by atoms with Crippen molar-refractivity contribution in [1.29, 1.82) is 0 Å². The second-order valence-electron chi connectivity index (χ2n) is 7.84. The van der Waals surface area contributed by atoms with Crippen molar-refractivity contribution in [3.8, 4) is 0 Å².